The van der Waals surface area contributed by atoms with Gasteiger partial charge in [0.05, 0.1) is 0 Å². The summed E-state index contributed by atoms with van der Waals surface area (Å²) < 4.78 is 0. The fraction of sp³-hybridized carbons (Fsp3) is 0.833. The molecule has 0 aromatic heterocycles. The number of allylic oxidation sites excluding steroid dienone is 2. The van der Waals surface area contributed by atoms with E-state index in [4.69, 9.17) is 5.11 Å². The van der Waals surface area contributed by atoms with E-state index in [-0.39, 0.29) is 0 Å². The summed E-state index contributed by atoms with van der Waals surface area (Å²) in [6.45, 7) is 9.48. The SMILES string of the molecule is CC1=CC[C@@H](C)C(C)(C)[C@H]1CCO. The van der Waals surface area contributed by atoms with Crippen LogP contribution >= 0.6 is 0 Å². The van der Waals surface area contributed by atoms with E-state index in [1.165, 1.54) is 12.0 Å². The molecule has 0 spiro atoms. The van der Waals surface area contributed by atoms with Crippen LogP contribution in [0.1, 0.15) is 40.5 Å². The van der Waals surface area contributed by atoms with Crippen LogP contribution in [0.2, 0.25) is 0 Å². The minimum atomic E-state index is 0.312. The number of aliphatic hydroxyl groups is 1. The first-order chi connectivity index (χ1) is 6.00. The van der Waals surface area contributed by atoms with Crippen molar-refractivity contribution in [2.24, 2.45) is 17.3 Å². The summed E-state index contributed by atoms with van der Waals surface area (Å²) in [5.41, 5.74) is 1.82. The zero-order valence-corrected chi connectivity index (χ0v) is 9.30. The number of aliphatic hydroxyl groups excluding tert-OH is 1. The van der Waals surface area contributed by atoms with Crippen molar-refractivity contribution < 1.29 is 5.11 Å². The van der Waals surface area contributed by atoms with Gasteiger partial charge in [-0.15, -0.1) is 0 Å². The molecule has 0 saturated heterocycles. The minimum Gasteiger partial charge on any atom is -0.396 e. The molecule has 0 amide bonds. The molecule has 0 aliphatic heterocycles. The van der Waals surface area contributed by atoms with Gasteiger partial charge in [0.25, 0.3) is 0 Å². The van der Waals surface area contributed by atoms with Gasteiger partial charge in [-0.2, -0.15) is 0 Å². The topological polar surface area (TPSA) is 20.2 Å². The quantitative estimate of drug-likeness (QED) is 0.651. The molecule has 1 rings (SSSR count). The third-order valence-electron chi connectivity index (χ3n) is 3.93. The fourth-order valence-electron chi connectivity index (χ4n) is 2.47. The first-order valence-electron chi connectivity index (χ1n) is 5.27. The van der Waals surface area contributed by atoms with E-state index in [0.29, 0.717) is 17.9 Å². The van der Waals surface area contributed by atoms with Gasteiger partial charge in [0.2, 0.25) is 0 Å². The average molecular weight is 182 g/mol. The highest BCUT2D eigenvalue weighted by molar-refractivity contribution is 5.13. The van der Waals surface area contributed by atoms with Crippen molar-refractivity contribution in [2.75, 3.05) is 6.61 Å². The number of hydrogen-bond acceptors (Lipinski definition) is 1. The summed E-state index contributed by atoms with van der Waals surface area (Å²) in [5.74, 6) is 1.30. The molecule has 13 heavy (non-hydrogen) atoms. The molecule has 0 bridgehead atoms. The molecule has 1 nitrogen and oxygen atoms in total. The van der Waals surface area contributed by atoms with Gasteiger partial charge < -0.3 is 5.11 Å². The normalized spacial score (nSPS) is 32.8. The monoisotopic (exact) mass is 182 g/mol. The van der Waals surface area contributed by atoms with Gasteiger partial charge in [0.1, 0.15) is 0 Å². The third-order valence-corrected chi connectivity index (χ3v) is 3.93. The van der Waals surface area contributed by atoms with Crippen LogP contribution in [0, 0.1) is 17.3 Å². The van der Waals surface area contributed by atoms with E-state index in [1.807, 2.05) is 0 Å². The van der Waals surface area contributed by atoms with Crippen LogP contribution in [0.4, 0.5) is 0 Å². The first-order valence-corrected chi connectivity index (χ1v) is 5.27. The Morgan fingerprint density at radius 3 is 2.69 bits per heavy atom. The van der Waals surface area contributed by atoms with E-state index < -0.39 is 0 Å². The molecule has 2 atom stereocenters. The smallest absolute Gasteiger partial charge is 0.0436 e. The minimum absolute atomic E-state index is 0.312. The Bertz CT molecular complexity index is 203. The van der Waals surface area contributed by atoms with Crippen molar-refractivity contribution >= 4 is 0 Å². The second kappa shape index (κ2) is 3.83. The van der Waals surface area contributed by atoms with Crippen molar-refractivity contribution in [3.8, 4) is 0 Å². The molecule has 0 aromatic rings. The van der Waals surface area contributed by atoms with Crippen molar-refractivity contribution in [1.82, 2.24) is 0 Å². The average Bonchev–Trinajstić information content (AvgIpc) is 2.06. The standard InChI is InChI=1S/C12H22O/c1-9-5-6-10(2)12(3,4)11(9)7-8-13/h5,10-11,13H,6-8H2,1-4H3/t10-,11+/m1/s1. The Hall–Kier alpha value is -0.300. The summed E-state index contributed by atoms with van der Waals surface area (Å²) in [6, 6.07) is 0. The molecule has 0 fully saturated rings. The van der Waals surface area contributed by atoms with Gasteiger partial charge in [-0.3, -0.25) is 0 Å². The van der Waals surface area contributed by atoms with Gasteiger partial charge in [-0.05, 0) is 37.0 Å². The molecule has 1 heteroatoms. The van der Waals surface area contributed by atoms with Crippen LogP contribution in [-0.2, 0) is 0 Å². The number of rotatable bonds is 2. The molecule has 1 aliphatic carbocycles. The first kappa shape index (κ1) is 10.8. The van der Waals surface area contributed by atoms with Crippen LogP contribution < -0.4 is 0 Å². The molecule has 0 radical (unpaired) electrons. The Balaban J connectivity index is 2.85. The summed E-state index contributed by atoms with van der Waals surface area (Å²) >= 11 is 0. The van der Waals surface area contributed by atoms with Crippen LogP contribution in [0.25, 0.3) is 0 Å². The predicted octanol–water partition coefficient (Wildman–Crippen LogP) is 3.00. The molecule has 0 unspecified atom stereocenters. The van der Waals surface area contributed by atoms with E-state index in [1.54, 1.807) is 0 Å². The van der Waals surface area contributed by atoms with Crippen molar-refractivity contribution in [1.29, 1.82) is 0 Å². The Morgan fingerprint density at radius 1 is 1.54 bits per heavy atom. The summed E-state index contributed by atoms with van der Waals surface area (Å²) in [6.07, 6.45) is 4.46. The molecule has 1 N–H and O–H groups in total. The highest BCUT2D eigenvalue weighted by Gasteiger charge is 2.37. The second-order valence-electron chi connectivity index (χ2n) is 4.97. The Morgan fingerprint density at radius 2 is 2.15 bits per heavy atom. The van der Waals surface area contributed by atoms with Gasteiger partial charge in [-0.25, -0.2) is 0 Å². The highest BCUT2D eigenvalue weighted by Crippen LogP contribution is 2.46. The summed E-state index contributed by atoms with van der Waals surface area (Å²) in [5, 5.41) is 9.03. The lowest BCUT2D eigenvalue weighted by Crippen LogP contribution is -2.35. The largest absolute Gasteiger partial charge is 0.396 e. The van der Waals surface area contributed by atoms with E-state index in [2.05, 4.69) is 33.8 Å². The molecule has 0 heterocycles. The lowest BCUT2D eigenvalue weighted by Gasteiger charge is -2.43. The molecule has 0 aromatic carbocycles. The Labute approximate surface area is 81.9 Å². The number of hydrogen-bond donors (Lipinski definition) is 1. The fourth-order valence-corrected chi connectivity index (χ4v) is 2.47. The third kappa shape index (κ3) is 1.96. The lowest BCUT2D eigenvalue weighted by atomic mass is 9.62. The maximum absolute atomic E-state index is 9.03. The zero-order chi connectivity index (χ0) is 10.1. The van der Waals surface area contributed by atoms with Gasteiger partial charge in [0, 0.05) is 6.61 Å². The molecule has 76 valence electrons. The maximum atomic E-state index is 9.03. The van der Waals surface area contributed by atoms with Crippen LogP contribution in [0.15, 0.2) is 11.6 Å². The van der Waals surface area contributed by atoms with E-state index in [0.717, 1.165) is 12.3 Å². The van der Waals surface area contributed by atoms with E-state index >= 15 is 0 Å². The van der Waals surface area contributed by atoms with Crippen molar-refractivity contribution in [3.63, 3.8) is 0 Å². The molecule has 0 saturated carbocycles. The second-order valence-corrected chi connectivity index (χ2v) is 4.97. The van der Waals surface area contributed by atoms with Crippen LogP contribution in [0.3, 0.4) is 0 Å². The van der Waals surface area contributed by atoms with Crippen molar-refractivity contribution in [3.05, 3.63) is 11.6 Å². The highest BCUT2D eigenvalue weighted by atomic mass is 16.3. The van der Waals surface area contributed by atoms with Gasteiger partial charge in [0.15, 0.2) is 0 Å². The van der Waals surface area contributed by atoms with Crippen LogP contribution in [-0.4, -0.2) is 11.7 Å². The lowest BCUT2D eigenvalue weighted by molar-refractivity contribution is 0.111. The summed E-state index contributed by atoms with van der Waals surface area (Å²) in [4.78, 5) is 0. The van der Waals surface area contributed by atoms with Crippen molar-refractivity contribution in [2.45, 2.75) is 40.5 Å². The van der Waals surface area contributed by atoms with Gasteiger partial charge in [-0.1, -0.05) is 32.4 Å². The molecular formula is C12H22O. The van der Waals surface area contributed by atoms with Crippen LogP contribution in [0.5, 0.6) is 0 Å². The summed E-state index contributed by atoms with van der Waals surface area (Å²) in [7, 11) is 0. The predicted molar refractivity (Wildman–Crippen MR) is 56.5 cm³/mol. The molecule has 1 aliphatic rings. The van der Waals surface area contributed by atoms with E-state index in [9.17, 15) is 0 Å². The molecular weight excluding hydrogens is 160 g/mol. The Kier molecular flexibility index (Phi) is 3.18. The van der Waals surface area contributed by atoms with Gasteiger partial charge >= 0.3 is 0 Å². The zero-order valence-electron chi connectivity index (χ0n) is 9.30. The maximum Gasteiger partial charge on any atom is 0.0436 e.